The molecular formula is C11H16F3N3O. The van der Waals surface area contributed by atoms with Gasteiger partial charge in [0.15, 0.2) is 0 Å². The van der Waals surface area contributed by atoms with Gasteiger partial charge in [0.25, 0.3) is 0 Å². The number of rotatable bonds is 4. The molecule has 0 aromatic carbocycles. The standard InChI is InChI=1S/C11H16F3N3O/c1-10(2,18)7-5-8(11(12,13)14)9(17-6-7)16-4-3-15/h5-6,18H,3-4,15H2,1-2H3,(H,16,17). The highest BCUT2D eigenvalue weighted by Gasteiger charge is 2.35. The summed E-state index contributed by atoms with van der Waals surface area (Å²) in [6.07, 6.45) is -3.32. The van der Waals surface area contributed by atoms with Gasteiger partial charge in [-0.2, -0.15) is 13.2 Å². The Bertz CT molecular complexity index is 413. The number of aliphatic hydroxyl groups is 1. The van der Waals surface area contributed by atoms with Crippen LogP contribution in [0.4, 0.5) is 19.0 Å². The van der Waals surface area contributed by atoms with Crippen LogP contribution >= 0.6 is 0 Å². The van der Waals surface area contributed by atoms with E-state index in [0.717, 1.165) is 6.07 Å². The summed E-state index contributed by atoms with van der Waals surface area (Å²) in [5.41, 5.74) is 3.05. The number of nitrogens with two attached hydrogens (primary N) is 1. The lowest BCUT2D eigenvalue weighted by atomic mass is 9.98. The zero-order chi connectivity index (χ0) is 14.0. The first-order chi connectivity index (χ1) is 8.16. The predicted octanol–water partition coefficient (Wildman–Crippen LogP) is 1.70. The van der Waals surface area contributed by atoms with Crippen LogP contribution in [0.3, 0.4) is 0 Å². The largest absolute Gasteiger partial charge is 0.419 e. The van der Waals surface area contributed by atoms with Crippen molar-refractivity contribution >= 4 is 5.82 Å². The number of anilines is 1. The topological polar surface area (TPSA) is 71.2 Å². The molecule has 0 saturated heterocycles. The predicted molar refractivity (Wildman–Crippen MR) is 62.0 cm³/mol. The second kappa shape index (κ2) is 5.11. The van der Waals surface area contributed by atoms with Crippen molar-refractivity contribution in [2.24, 2.45) is 5.73 Å². The van der Waals surface area contributed by atoms with Crippen LogP contribution in [0, 0.1) is 0 Å². The molecule has 0 fully saturated rings. The minimum Gasteiger partial charge on any atom is -0.386 e. The molecule has 0 aliphatic carbocycles. The van der Waals surface area contributed by atoms with Gasteiger partial charge in [0, 0.05) is 24.8 Å². The molecule has 0 unspecified atom stereocenters. The summed E-state index contributed by atoms with van der Waals surface area (Å²) in [5.74, 6) is -0.277. The van der Waals surface area contributed by atoms with Gasteiger partial charge in [0.2, 0.25) is 0 Å². The highest BCUT2D eigenvalue weighted by Crippen LogP contribution is 2.35. The van der Waals surface area contributed by atoms with Gasteiger partial charge in [-0.1, -0.05) is 0 Å². The van der Waals surface area contributed by atoms with Crippen LogP contribution < -0.4 is 11.1 Å². The number of hydrogen-bond acceptors (Lipinski definition) is 4. The third kappa shape index (κ3) is 3.58. The fraction of sp³-hybridized carbons (Fsp3) is 0.545. The number of halogens is 3. The molecule has 1 aromatic rings. The van der Waals surface area contributed by atoms with Crippen LogP contribution in [0.25, 0.3) is 0 Å². The Morgan fingerprint density at radius 1 is 1.39 bits per heavy atom. The smallest absolute Gasteiger partial charge is 0.386 e. The van der Waals surface area contributed by atoms with E-state index in [4.69, 9.17) is 5.73 Å². The fourth-order valence-electron chi connectivity index (χ4n) is 1.35. The van der Waals surface area contributed by atoms with Crippen molar-refractivity contribution < 1.29 is 18.3 Å². The van der Waals surface area contributed by atoms with Crippen molar-refractivity contribution in [1.29, 1.82) is 0 Å². The lowest BCUT2D eigenvalue weighted by Crippen LogP contribution is -2.21. The molecule has 1 aromatic heterocycles. The average molecular weight is 263 g/mol. The lowest BCUT2D eigenvalue weighted by Gasteiger charge is -2.20. The van der Waals surface area contributed by atoms with Gasteiger partial charge >= 0.3 is 6.18 Å². The van der Waals surface area contributed by atoms with Gasteiger partial charge in [-0.25, -0.2) is 4.98 Å². The Kier molecular flexibility index (Phi) is 4.18. The normalized spacial score (nSPS) is 12.6. The van der Waals surface area contributed by atoms with Gasteiger partial charge in [-0.15, -0.1) is 0 Å². The molecule has 0 aliphatic rings. The van der Waals surface area contributed by atoms with Crippen molar-refractivity contribution in [3.63, 3.8) is 0 Å². The third-order valence-electron chi connectivity index (χ3n) is 2.34. The van der Waals surface area contributed by atoms with E-state index in [2.05, 4.69) is 10.3 Å². The second-order valence-corrected chi connectivity index (χ2v) is 4.39. The number of hydrogen-bond donors (Lipinski definition) is 3. The molecule has 0 amide bonds. The van der Waals surface area contributed by atoms with Gasteiger partial charge in [-0.3, -0.25) is 0 Å². The van der Waals surface area contributed by atoms with Crippen LogP contribution in [0.5, 0.6) is 0 Å². The molecule has 0 spiro atoms. The quantitative estimate of drug-likeness (QED) is 0.773. The summed E-state index contributed by atoms with van der Waals surface area (Å²) in [4.78, 5) is 3.70. The molecule has 0 atom stereocenters. The SMILES string of the molecule is CC(C)(O)c1cnc(NCCN)c(C(F)(F)F)c1. The summed E-state index contributed by atoms with van der Waals surface area (Å²) < 4.78 is 38.6. The van der Waals surface area contributed by atoms with Crippen molar-refractivity contribution in [3.8, 4) is 0 Å². The first kappa shape index (κ1) is 14.7. The van der Waals surface area contributed by atoms with Crippen LogP contribution in [-0.4, -0.2) is 23.2 Å². The number of pyridine rings is 1. The zero-order valence-electron chi connectivity index (χ0n) is 10.2. The highest BCUT2D eigenvalue weighted by atomic mass is 19.4. The van der Waals surface area contributed by atoms with Gasteiger partial charge in [0.05, 0.1) is 11.2 Å². The zero-order valence-corrected chi connectivity index (χ0v) is 10.2. The molecule has 0 bridgehead atoms. The van der Waals surface area contributed by atoms with E-state index in [1.165, 1.54) is 20.0 Å². The second-order valence-electron chi connectivity index (χ2n) is 4.39. The number of nitrogens with one attached hydrogen (secondary N) is 1. The summed E-state index contributed by atoms with van der Waals surface area (Å²) in [7, 11) is 0. The molecule has 1 heterocycles. The molecular weight excluding hydrogens is 247 g/mol. The summed E-state index contributed by atoms with van der Waals surface area (Å²) in [6, 6.07) is 0.895. The highest BCUT2D eigenvalue weighted by molar-refractivity contribution is 5.48. The number of nitrogens with zero attached hydrogens (tertiary/aromatic N) is 1. The third-order valence-corrected chi connectivity index (χ3v) is 2.34. The summed E-state index contributed by atoms with van der Waals surface area (Å²) in [6.45, 7) is 3.19. The monoisotopic (exact) mass is 263 g/mol. The van der Waals surface area contributed by atoms with E-state index in [-0.39, 0.29) is 24.5 Å². The van der Waals surface area contributed by atoms with Crippen LogP contribution in [-0.2, 0) is 11.8 Å². The van der Waals surface area contributed by atoms with Gasteiger partial charge in [0.1, 0.15) is 5.82 Å². The number of alkyl halides is 3. The number of aromatic nitrogens is 1. The van der Waals surface area contributed by atoms with Crippen molar-refractivity contribution in [1.82, 2.24) is 4.98 Å². The molecule has 1 rings (SSSR count). The van der Waals surface area contributed by atoms with Crippen LogP contribution in [0.2, 0.25) is 0 Å². The Morgan fingerprint density at radius 2 is 2.00 bits per heavy atom. The molecule has 0 aliphatic heterocycles. The molecule has 102 valence electrons. The fourth-order valence-corrected chi connectivity index (χ4v) is 1.35. The maximum absolute atomic E-state index is 12.9. The van der Waals surface area contributed by atoms with Crippen molar-refractivity contribution in [2.75, 3.05) is 18.4 Å². The van der Waals surface area contributed by atoms with E-state index < -0.39 is 17.3 Å². The maximum Gasteiger partial charge on any atom is 0.419 e. The van der Waals surface area contributed by atoms with Crippen LogP contribution in [0.15, 0.2) is 12.3 Å². The van der Waals surface area contributed by atoms with Crippen LogP contribution in [0.1, 0.15) is 25.0 Å². The summed E-state index contributed by atoms with van der Waals surface area (Å²) in [5, 5.41) is 12.2. The minimum absolute atomic E-state index is 0.105. The average Bonchev–Trinajstić information content (AvgIpc) is 2.23. The first-order valence-electron chi connectivity index (χ1n) is 5.40. The van der Waals surface area contributed by atoms with E-state index in [1.54, 1.807) is 0 Å². The van der Waals surface area contributed by atoms with E-state index in [1.807, 2.05) is 0 Å². The Hall–Kier alpha value is -1.34. The summed E-state index contributed by atoms with van der Waals surface area (Å²) >= 11 is 0. The van der Waals surface area contributed by atoms with Crippen molar-refractivity contribution in [3.05, 3.63) is 23.4 Å². The molecule has 7 heteroatoms. The van der Waals surface area contributed by atoms with Gasteiger partial charge in [-0.05, 0) is 19.9 Å². The molecule has 4 N–H and O–H groups in total. The van der Waals surface area contributed by atoms with Gasteiger partial charge < -0.3 is 16.2 Å². The molecule has 18 heavy (non-hydrogen) atoms. The Labute approximate surface area is 103 Å². The molecule has 0 saturated carbocycles. The van der Waals surface area contributed by atoms with E-state index >= 15 is 0 Å². The minimum atomic E-state index is -4.54. The van der Waals surface area contributed by atoms with Crippen molar-refractivity contribution in [2.45, 2.75) is 25.6 Å². The molecule has 4 nitrogen and oxygen atoms in total. The first-order valence-corrected chi connectivity index (χ1v) is 5.40. The Balaban J connectivity index is 3.21. The molecule has 0 radical (unpaired) electrons. The Morgan fingerprint density at radius 3 is 2.44 bits per heavy atom. The lowest BCUT2D eigenvalue weighted by molar-refractivity contribution is -0.137. The van der Waals surface area contributed by atoms with E-state index in [0.29, 0.717) is 0 Å². The maximum atomic E-state index is 12.9. The van der Waals surface area contributed by atoms with E-state index in [9.17, 15) is 18.3 Å².